The van der Waals surface area contributed by atoms with Crippen LogP contribution in [-0.4, -0.2) is 70.3 Å². The largest absolute Gasteiger partial charge is 0.301 e. The van der Waals surface area contributed by atoms with Gasteiger partial charge in [0.15, 0.2) is 0 Å². The molecule has 0 amide bonds. The quantitative estimate of drug-likeness (QED) is 0.501. The number of benzene rings is 2. The zero-order chi connectivity index (χ0) is 25.2. The van der Waals surface area contributed by atoms with E-state index in [1.54, 1.807) is 12.1 Å². The van der Waals surface area contributed by atoms with Crippen LogP contribution in [0.1, 0.15) is 55.4 Å². The summed E-state index contributed by atoms with van der Waals surface area (Å²) in [6.45, 7) is 12.6. The minimum absolute atomic E-state index is 0.158. The standard InChI is InChI=1S/C28H39FN2O3S/c1-21(20-31-13-11-30(12-14-31)15-16-34-35(4,32)33)17-27-25-8-6-5-7-22(25)18-23-9-10-24(29)19-26(23)28(27,2)3/h5-10,19,21,27H,11-18,20H2,1-4H3/t21-,27-/m1/s1. The minimum atomic E-state index is -3.38. The van der Waals surface area contributed by atoms with Gasteiger partial charge in [0.25, 0.3) is 10.1 Å². The maximum atomic E-state index is 14.3. The van der Waals surface area contributed by atoms with Crippen LogP contribution in [0.4, 0.5) is 4.39 Å². The Balaban J connectivity index is 1.42. The summed E-state index contributed by atoms with van der Waals surface area (Å²) in [5, 5.41) is 0. The number of nitrogens with zero attached hydrogens (tertiary/aromatic N) is 2. The fourth-order valence-electron chi connectivity index (χ4n) is 5.97. The van der Waals surface area contributed by atoms with Gasteiger partial charge < -0.3 is 4.90 Å². The van der Waals surface area contributed by atoms with Crippen molar-refractivity contribution >= 4 is 10.1 Å². The molecule has 2 aliphatic rings. The number of hydrogen-bond donors (Lipinski definition) is 0. The average molecular weight is 503 g/mol. The van der Waals surface area contributed by atoms with E-state index in [1.165, 1.54) is 16.7 Å². The molecule has 1 saturated heterocycles. The third kappa shape index (κ3) is 6.50. The molecule has 0 unspecified atom stereocenters. The number of rotatable bonds is 8. The minimum Gasteiger partial charge on any atom is -0.301 e. The highest BCUT2D eigenvalue weighted by molar-refractivity contribution is 7.85. The van der Waals surface area contributed by atoms with E-state index in [9.17, 15) is 12.8 Å². The van der Waals surface area contributed by atoms with Crippen LogP contribution in [0, 0.1) is 11.7 Å². The Morgan fingerprint density at radius 1 is 1.06 bits per heavy atom. The first-order chi connectivity index (χ1) is 16.5. The van der Waals surface area contributed by atoms with Gasteiger partial charge in [0.1, 0.15) is 5.82 Å². The van der Waals surface area contributed by atoms with Crippen LogP contribution in [0.2, 0.25) is 0 Å². The molecule has 1 aliphatic heterocycles. The van der Waals surface area contributed by atoms with Crippen LogP contribution < -0.4 is 0 Å². The van der Waals surface area contributed by atoms with Crippen LogP contribution in [0.3, 0.4) is 0 Å². The molecule has 0 aromatic heterocycles. The highest BCUT2D eigenvalue weighted by Gasteiger charge is 2.38. The topological polar surface area (TPSA) is 49.9 Å². The smallest absolute Gasteiger partial charge is 0.264 e. The third-order valence-electron chi connectivity index (χ3n) is 7.83. The van der Waals surface area contributed by atoms with Gasteiger partial charge in [-0.2, -0.15) is 8.42 Å². The van der Waals surface area contributed by atoms with Gasteiger partial charge in [-0.15, -0.1) is 0 Å². The van der Waals surface area contributed by atoms with Gasteiger partial charge in [0, 0.05) is 39.3 Å². The second-order valence-corrected chi connectivity index (χ2v) is 12.6. The number of halogens is 1. The molecule has 7 heteroatoms. The van der Waals surface area contributed by atoms with Crippen molar-refractivity contribution in [3.05, 3.63) is 70.5 Å². The zero-order valence-electron chi connectivity index (χ0n) is 21.5. The van der Waals surface area contributed by atoms with Crippen molar-refractivity contribution in [1.29, 1.82) is 0 Å². The predicted molar refractivity (Wildman–Crippen MR) is 139 cm³/mol. The van der Waals surface area contributed by atoms with Crippen molar-refractivity contribution in [3.8, 4) is 0 Å². The monoisotopic (exact) mass is 502 g/mol. The van der Waals surface area contributed by atoms with E-state index in [0.29, 0.717) is 18.4 Å². The Hall–Kier alpha value is -1.80. The molecular formula is C28H39FN2O3S. The maximum absolute atomic E-state index is 14.3. The average Bonchev–Trinajstić information content (AvgIpc) is 2.87. The second-order valence-electron chi connectivity index (χ2n) is 11.0. The molecule has 192 valence electrons. The normalized spacial score (nSPS) is 21.7. The highest BCUT2D eigenvalue weighted by Crippen LogP contribution is 2.48. The summed E-state index contributed by atoms with van der Waals surface area (Å²) in [4.78, 5) is 4.78. The van der Waals surface area contributed by atoms with E-state index in [1.807, 2.05) is 6.07 Å². The Bertz CT molecular complexity index is 1130. The summed E-state index contributed by atoms with van der Waals surface area (Å²) in [5.41, 5.74) is 4.95. The lowest BCUT2D eigenvalue weighted by atomic mass is 9.67. The van der Waals surface area contributed by atoms with E-state index in [-0.39, 0.29) is 17.8 Å². The van der Waals surface area contributed by atoms with Crippen molar-refractivity contribution in [2.75, 3.05) is 52.1 Å². The Morgan fingerprint density at radius 3 is 2.46 bits per heavy atom. The zero-order valence-corrected chi connectivity index (χ0v) is 22.3. The van der Waals surface area contributed by atoms with Gasteiger partial charge in [-0.3, -0.25) is 9.08 Å². The van der Waals surface area contributed by atoms with E-state index in [0.717, 1.165) is 57.4 Å². The lowest BCUT2D eigenvalue weighted by Crippen LogP contribution is -2.48. The summed E-state index contributed by atoms with van der Waals surface area (Å²) >= 11 is 0. The molecular weight excluding hydrogens is 463 g/mol. The van der Waals surface area contributed by atoms with Crippen LogP contribution in [-0.2, 0) is 26.1 Å². The summed E-state index contributed by atoms with van der Waals surface area (Å²) < 4.78 is 41.6. The van der Waals surface area contributed by atoms with Gasteiger partial charge in [-0.1, -0.05) is 51.1 Å². The van der Waals surface area contributed by atoms with Gasteiger partial charge in [0.2, 0.25) is 0 Å². The van der Waals surface area contributed by atoms with Crippen LogP contribution in [0.25, 0.3) is 0 Å². The van der Waals surface area contributed by atoms with Crippen LogP contribution in [0.5, 0.6) is 0 Å². The first kappa shape index (κ1) is 26.3. The third-order valence-corrected chi connectivity index (χ3v) is 8.42. The van der Waals surface area contributed by atoms with Crippen molar-refractivity contribution in [2.24, 2.45) is 5.92 Å². The van der Waals surface area contributed by atoms with Crippen molar-refractivity contribution in [3.63, 3.8) is 0 Å². The van der Waals surface area contributed by atoms with Crippen molar-refractivity contribution in [1.82, 2.24) is 9.80 Å². The SMILES string of the molecule is C[C@H](C[C@@H]1c2ccccc2Cc2ccc(F)cc2C1(C)C)CN1CCN(CCOS(C)(=O)=O)CC1. The second kappa shape index (κ2) is 10.7. The fraction of sp³-hybridized carbons (Fsp3) is 0.571. The summed E-state index contributed by atoms with van der Waals surface area (Å²) in [7, 11) is -3.38. The Labute approximate surface area is 210 Å². The molecule has 0 radical (unpaired) electrons. The molecule has 1 heterocycles. The molecule has 0 bridgehead atoms. The van der Waals surface area contributed by atoms with Crippen LogP contribution >= 0.6 is 0 Å². The fourth-order valence-corrected chi connectivity index (χ4v) is 6.35. The molecule has 2 atom stereocenters. The van der Waals surface area contributed by atoms with Gasteiger partial charge in [0.05, 0.1) is 12.9 Å². The molecule has 2 aromatic rings. The molecule has 4 rings (SSSR count). The predicted octanol–water partition coefficient (Wildman–Crippen LogP) is 4.41. The Kier molecular flexibility index (Phi) is 8.01. The highest BCUT2D eigenvalue weighted by atomic mass is 32.2. The molecule has 1 aliphatic carbocycles. The molecule has 35 heavy (non-hydrogen) atoms. The molecule has 0 saturated carbocycles. The summed E-state index contributed by atoms with van der Waals surface area (Å²) in [6, 6.07) is 14.1. The molecule has 5 nitrogen and oxygen atoms in total. The summed E-state index contributed by atoms with van der Waals surface area (Å²) in [5.74, 6) is 0.642. The van der Waals surface area contributed by atoms with Gasteiger partial charge >= 0.3 is 0 Å². The maximum Gasteiger partial charge on any atom is 0.264 e. The van der Waals surface area contributed by atoms with Gasteiger partial charge in [-0.25, -0.2) is 4.39 Å². The molecule has 0 spiro atoms. The lowest BCUT2D eigenvalue weighted by molar-refractivity contribution is 0.104. The Morgan fingerprint density at radius 2 is 1.74 bits per heavy atom. The van der Waals surface area contributed by atoms with E-state index < -0.39 is 10.1 Å². The van der Waals surface area contributed by atoms with Crippen molar-refractivity contribution in [2.45, 2.75) is 44.9 Å². The number of fused-ring (bicyclic) bond motifs is 2. The number of piperazine rings is 1. The first-order valence-corrected chi connectivity index (χ1v) is 14.5. The summed E-state index contributed by atoms with van der Waals surface area (Å²) in [6.07, 6.45) is 2.99. The van der Waals surface area contributed by atoms with E-state index in [2.05, 4.69) is 54.8 Å². The van der Waals surface area contributed by atoms with Crippen LogP contribution in [0.15, 0.2) is 42.5 Å². The lowest BCUT2D eigenvalue weighted by Gasteiger charge is -2.39. The van der Waals surface area contributed by atoms with Gasteiger partial charge in [-0.05, 0) is 64.5 Å². The first-order valence-electron chi connectivity index (χ1n) is 12.7. The van der Waals surface area contributed by atoms with Crippen molar-refractivity contribution < 1.29 is 17.0 Å². The number of hydrogen-bond acceptors (Lipinski definition) is 5. The molecule has 0 N–H and O–H groups in total. The molecule has 2 aromatic carbocycles. The van der Waals surface area contributed by atoms with E-state index in [4.69, 9.17) is 4.18 Å². The molecule has 1 fully saturated rings. The van der Waals surface area contributed by atoms with E-state index >= 15 is 0 Å².